The monoisotopic (exact) mass is 239 g/mol. The summed E-state index contributed by atoms with van der Waals surface area (Å²) >= 11 is 0. The number of pyridine rings is 1. The molecule has 0 saturated carbocycles. The fourth-order valence-corrected chi connectivity index (χ4v) is 1.70. The number of halogens is 2. The maximum atomic E-state index is 11.8. The summed E-state index contributed by atoms with van der Waals surface area (Å²) in [6, 6.07) is 8.47. The molecule has 0 aliphatic heterocycles. The Morgan fingerprint density at radius 3 is 2.76 bits per heavy atom. The summed E-state index contributed by atoms with van der Waals surface area (Å²) in [6.45, 7) is -2.57. The van der Waals surface area contributed by atoms with Crippen LogP contribution in [0.1, 0.15) is 0 Å². The highest BCUT2D eigenvalue weighted by Gasteiger charge is 2.04. The third kappa shape index (κ3) is 2.68. The first kappa shape index (κ1) is 11.7. The molecule has 1 aromatic heterocycles. The molecule has 0 bridgehead atoms. The second-order valence-electron chi connectivity index (χ2n) is 3.52. The molecule has 17 heavy (non-hydrogen) atoms. The van der Waals surface area contributed by atoms with E-state index in [-0.39, 0.29) is 18.6 Å². The van der Waals surface area contributed by atoms with Crippen molar-refractivity contribution in [3.05, 3.63) is 46.8 Å². The third-order valence-electron chi connectivity index (χ3n) is 2.46. The molecule has 0 saturated heterocycles. The first-order valence-electron chi connectivity index (χ1n) is 5.16. The Kier molecular flexibility index (Phi) is 3.49. The van der Waals surface area contributed by atoms with Gasteiger partial charge in [-0.1, -0.05) is 12.1 Å². The number of nitrogens with zero attached hydrogens (tertiary/aromatic N) is 1. The number of aromatic nitrogens is 1. The lowest BCUT2D eigenvalue weighted by Crippen LogP contribution is -2.12. The van der Waals surface area contributed by atoms with Crippen LogP contribution in [0.2, 0.25) is 0 Å². The number of fused-ring (bicyclic) bond motifs is 1. The predicted molar refractivity (Wildman–Crippen MR) is 60.2 cm³/mol. The summed E-state index contributed by atoms with van der Waals surface area (Å²) in [4.78, 5) is 11.5. The summed E-state index contributed by atoms with van der Waals surface area (Å²) in [7, 11) is 0. The van der Waals surface area contributed by atoms with Gasteiger partial charge in [-0.25, -0.2) is 0 Å². The Morgan fingerprint density at radius 1 is 1.24 bits per heavy atom. The highest BCUT2D eigenvalue weighted by molar-refractivity contribution is 5.78. The zero-order valence-electron chi connectivity index (χ0n) is 8.98. The van der Waals surface area contributed by atoms with E-state index in [0.29, 0.717) is 5.39 Å². The molecule has 0 amide bonds. The molecule has 0 fully saturated rings. The highest BCUT2D eigenvalue weighted by atomic mass is 19.3. The molecule has 2 aromatic rings. The normalized spacial score (nSPS) is 11.2. The van der Waals surface area contributed by atoms with Gasteiger partial charge in [0.05, 0.1) is 12.1 Å². The molecule has 0 N–H and O–H groups in total. The lowest BCUT2D eigenvalue weighted by Gasteiger charge is -2.10. The number of hydrogen-bond acceptors (Lipinski definition) is 2. The van der Waals surface area contributed by atoms with Gasteiger partial charge in [-0.2, -0.15) is 8.78 Å². The molecule has 2 rings (SSSR count). The smallest absolute Gasteiger partial charge is 0.345 e. The average molecular weight is 239 g/mol. The second kappa shape index (κ2) is 5.05. The van der Waals surface area contributed by atoms with Gasteiger partial charge in [0.2, 0.25) is 0 Å². The van der Waals surface area contributed by atoms with Crippen molar-refractivity contribution in [2.75, 3.05) is 6.61 Å². The van der Waals surface area contributed by atoms with Crippen LogP contribution in [-0.2, 0) is 11.3 Å². The lowest BCUT2D eigenvalue weighted by atomic mass is 10.2. The van der Waals surface area contributed by atoms with Crippen molar-refractivity contribution < 1.29 is 13.5 Å². The van der Waals surface area contributed by atoms with Gasteiger partial charge in [0, 0.05) is 24.2 Å². The van der Waals surface area contributed by atoms with E-state index in [2.05, 4.69) is 4.74 Å². The van der Waals surface area contributed by atoms with Crippen molar-refractivity contribution in [1.82, 2.24) is 4.57 Å². The molecule has 1 heterocycles. The zero-order chi connectivity index (χ0) is 12.3. The summed E-state index contributed by atoms with van der Waals surface area (Å²) in [5.74, 6) is 0. The largest absolute Gasteiger partial charge is 0.345 e. The van der Waals surface area contributed by atoms with Crippen LogP contribution in [-0.4, -0.2) is 17.8 Å². The van der Waals surface area contributed by atoms with Crippen LogP contribution in [0.4, 0.5) is 8.78 Å². The highest BCUT2D eigenvalue weighted by Crippen LogP contribution is 2.09. The van der Waals surface area contributed by atoms with Crippen molar-refractivity contribution in [1.29, 1.82) is 0 Å². The van der Waals surface area contributed by atoms with Gasteiger partial charge in [-0.15, -0.1) is 0 Å². The summed E-state index contributed by atoms with van der Waals surface area (Å²) in [6.07, 6.45) is 1.58. The molecular formula is C12H11F2NO2. The second-order valence-corrected chi connectivity index (χ2v) is 3.52. The maximum Gasteiger partial charge on any atom is 0.345 e. The van der Waals surface area contributed by atoms with Crippen LogP contribution >= 0.6 is 0 Å². The van der Waals surface area contributed by atoms with Crippen molar-refractivity contribution >= 4 is 10.9 Å². The molecule has 5 heteroatoms. The van der Waals surface area contributed by atoms with E-state index in [9.17, 15) is 13.6 Å². The van der Waals surface area contributed by atoms with Crippen LogP contribution in [0.3, 0.4) is 0 Å². The molecule has 0 aliphatic carbocycles. The van der Waals surface area contributed by atoms with E-state index in [4.69, 9.17) is 0 Å². The van der Waals surface area contributed by atoms with E-state index < -0.39 is 6.61 Å². The zero-order valence-corrected chi connectivity index (χ0v) is 8.98. The van der Waals surface area contributed by atoms with Crippen molar-refractivity contribution in [2.24, 2.45) is 0 Å². The van der Waals surface area contributed by atoms with Crippen LogP contribution in [0.25, 0.3) is 10.9 Å². The maximum absolute atomic E-state index is 11.8. The quantitative estimate of drug-likeness (QED) is 0.819. The fourth-order valence-electron chi connectivity index (χ4n) is 1.70. The molecule has 0 unspecified atom stereocenters. The van der Waals surface area contributed by atoms with Crippen LogP contribution < -0.4 is 5.43 Å². The number of para-hydroxylation sites is 1. The SMILES string of the molecule is O=c1ccn(CCOC(F)F)c2ccccc12. The van der Waals surface area contributed by atoms with E-state index in [1.807, 2.05) is 0 Å². The molecular weight excluding hydrogens is 228 g/mol. The minimum atomic E-state index is -2.76. The van der Waals surface area contributed by atoms with Gasteiger partial charge >= 0.3 is 6.61 Å². The first-order valence-corrected chi connectivity index (χ1v) is 5.16. The standard InChI is InChI=1S/C12H11F2NO2/c13-12(14)17-8-7-15-6-5-11(16)9-3-1-2-4-10(9)15/h1-6,12H,7-8H2. The summed E-state index contributed by atoms with van der Waals surface area (Å²) in [5, 5.41) is 0.576. The molecule has 0 radical (unpaired) electrons. The Morgan fingerprint density at radius 2 is 2.00 bits per heavy atom. The van der Waals surface area contributed by atoms with Gasteiger partial charge in [-0.3, -0.25) is 4.79 Å². The Hall–Kier alpha value is -1.75. The van der Waals surface area contributed by atoms with Gasteiger partial charge in [-0.05, 0) is 12.1 Å². The molecule has 3 nitrogen and oxygen atoms in total. The molecule has 0 aliphatic rings. The van der Waals surface area contributed by atoms with Gasteiger partial charge in [0.15, 0.2) is 5.43 Å². The van der Waals surface area contributed by atoms with Gasteiger partial charge < -0.3 is 9.30 Å². The summed E-state index contributed by atoms with van der Waals surface area (Å²) < 4.78 is 29.6. The first-order chi connectivity index (χ1) is 8.18. The van der Waals surface area contributed by atoms with Crippen LogP contribution in [0.15, 0.2) is 41.3 Å². The van der Waals surface area contributed by atoms with Crippen molar-refractivity contribution in [3.63, 3.8) is 0 Å². The number of benzene rings is 1. The minimum absolute atomic E-state index is 0.0772. The lowest BCUT2D eigenvalue weighted by molar-refractivity contribution is -0.130. The predicted octanol–water partition coefficient (Wildman–Crippen LogP) is 2.24. The fraction of sp³-hybridized carbons (Fsp3) is 0.250. The van der Waals surface area contributed by atoms with Crippen LogP contribution in [0.5, 0.6) is 0 Å². The average Bonchev–Trinajstić information content (AvgIpc) is 2.32. The minimum Gasteiger partial charge on any atom is -0.345 e. The molecule has 90 valence electrons. The van der Waals surface area contributed by atoms with Crippen LogP contribution in [0, 0.1) is 0 Å². The number of alkyl halides is 2. The van der Waals surface area contributed by atoms with Gasteiger partial charge in [0.1, 0.15) is 0 Å². The summed E-state index contributed by atoms with van der Waals surface area (Å²) in [5.41, 5.74) is 0.643. The van der Waals surface area contributed by atoms with E-state index in [1.165, 1.54) is 6.07 Å². The Balaban J connectivity index is 2.29. The number of rotatable bonds is 4. The molecule has 0 spiro atoms. The Labute approximate surface area is 96.2 Å². The van der Waals surface area contributed by atoms with E-state index >= 15 is 0 Å². The number of hydrogen-bond donors (Lipinski definition) is 0. The third-order valence-corrected chi connectivity index (χ3v) is 2.46. The molecule has 1 aromatic carbocycles. The van der Waals surface area contributed by atoms with Gasteiger partial charge in [0.25, 0.3) is 0 Å². The topological polar surface area (TPSA) is 31.2 Å². The van der Waals surface area contributed by atoms with Crippen molar-refractivity contribution in [2.45, 2.75) is 13.2 Å². The number of ether oxygens (including phenoxy) is 1. The molecule has 0 atom stereocenters. The Bertz CT molecular complexity index is 566. The van der Waals surface area contributed by atoms with Crippen molar-refractivity contribution in [3.8, 4) is 0 Å². The van der Waals surface area contributed by atoms with E-state index in [0.717, 1.165) is 5.52 Å². The van der Waals surface area contributed by atoms with E-state index in [1.54, 1.807) is 35.0 Å².